The topological polar surface area (TPSA) is 23.8 Å². The van der Waals surface area contributed by atoms with E-state index in [9.17, 15) is 0 Å². The molecule has 4 aliphatic carbocycles. The van der Waals surface area contributed by atoms with Gasteiger partial charge in [-0.15, -0.1) is 5.54 Å². The molecule has 4 heteroatoms. The van der Waals surface area contributed by atoms with Gasteiger partial charge in [-0.1, -0.05) is 19.3 Å². The van der Waals surface area contributed by atoms with Crippen molar-refractivity contribution in [3.05, 3.63) is 5.73 Å². The van der Waals surface area contributed by atoms with Crippen molar-refractivity contribution in [3.63, 3.8) is 0 Å². The second kappa shape index (κ2) is 4.77. The maximum Gasteiger partial charge on any atom is -0.0420 e. The summed E-state index contributed by atoms with van der Waals surface area (Å²) in [5.41, 5.74) is 8.26. The van der Waals surface area contributed by atoms with Gasteiger partial charge in [-0.25, -0.2) is 0 Å². The van der Waals surface area contributed by atoms with E-state index in [1.807, 2.05) is 0 Å². The van der Waals surface area contributed by atoms with Crippen LogP contribution < -0.4 is 0 Å². The van der Waals surface area contributed by atoms with Gasteiger partial charge in [0, 0.05) is 0 Å². The van der Waals surface area contributed by atoms with Gasteiger partial charge in [0.1, 0.15) is 0 Å². The van der Waals surface area contributed by atoms with E-state index in [2.05, 4.69) is 0 Å². The summed E-state index contributed by atoms with van der Waals surface area (Å²) in [6, 6.07) is 0. The molecule has 4 bridgehead atoms. The molecule has 78 valence electrons. The molecule has 0 aromatic carbocycles. The smallest absolute Gasteiger partial charge is 0.0420 e. The molecule has 4 rings (SSSR count). The zero-order valence-corrected chi connectivity index (χ0v) is 15.4. The summed E-state index contributed by atoms with van der Waals surface area (Å²) in [7, 11) is 9.97. The van der Waals surface area contributed by atoms with Crippen molar-refractivity contribution < 1.29 is 22.1 Å². The standard InChI is InChI=1S/C10H16N.2ClH.Hg/c11-10-4-7-1-8(5-10)3-9(2-7)6-10;;;/h7-9,11H,1-6H2;2*1H;/q-1;;;+2/p-2. The molecule has 0 amide bonds. The van der Waals surface area contributed by atoms with Gasteiger partial charge in [-0.2, -0.15) is 0 Å². The van der Waals surface area contributed by atoms with Gasteiger partial charge in [0.2, 0.25) is 0 Å². The van der Waals surface area contributed by atoms with Crippen molar-refractivity contribution in [2.45, 2.75) is 44.1 Å². The molecule has 0 radical (unpaired) electrons. The Kier molecular flexibility index (Phi) is 4.07. The molecule has 4 aliphatic rings. The van der Waals surface area contributed by atoms with Gasteiger partial charge in [-0.3, -0.25) is 0 Å². The van der Waals surface area contributed by atoms with Gasteiger partial charge in [0.15, 0.2) is 0 Å². The summed E-state index contributed by atoms with van der Waals surface area (Å²) in [6.07, 6.45) is 8.12. The molecule has 1 nitrogen and oxygen atoms in total. The van der Waals surface area contributed by atoms with E-state index in [-0.39, 0.29) is 5.54 Å². The minimum Gasteiger partial charge on any atom is -0.672 e. The third-order valence-electron chi connectivity index (χ3n) is 4.04. The van der Waals surface area contributed by atoms with E-state index in [1.54, 1.807) is 0 Å². The van der Waals surface area contributed by atoms with E-state index < -0.39 is 22.1 Å². The number of halogens is 2. The molecule has 4 fully saturated rings. The first kappa shape index (κ1) is 11.9. The van der Waals surface area contributed by atoms with Crippen LogP contribution in [0.25, 0.3) is 5.73 Å². The van der Waals surface area contributed by atoms with Crippen molar-refractivity contribution in [1.82, 2.24) is 0 Å². The fourth-order valence-electron chi connectivity index (χ4n) is 4.11. The van der Waals surface area contributed by atoms with Crippen LogP contribution in [0.15, 0.2) is 0 Å². The molecule has 4 saturated carbocycles. The largest absolute Gasteiger partial charge is 0.672 e. The summed E-state index contributed by atoms with van der Waals surface area (Å²) in [5, 5.41) is 0. The Labute approximate surface area is 105 Å². The minimum atomic E-state index is -1.14. The summed E-state index contributed by atoms with van der Waals surface area (Å²) in [6.45, 7) is 0. The quantitative estimate of drug-likeness (QED) is 0.518. The van der Waals surface area contributed by atoms with Crippen LogP contribution >= 0.6 is 16.5 Å². The van der Waals surface area contributed by atoms with Crippen molar-refractivity contribution in [1.29, 1.82) is 0 Å². The van der Waals surface area contributed by atoms with E-state index in [4.69, 9.17) is 22.2 Å². The van der Waals surface area contributed by atoms with Crippen LogP contribution in [0.3, 0.4) is 0 Å². The van der Waals surface area contributed by atoms with Crippen molar-refractivity contribution in [2.75, 3.05) is 0 Å². The van der Waals surface area contributed by atoms with Gasteiger partial charge in [0.25, 0.3) is 0 Å². The maximum atomic E-state index is 8.21. The Morgan fingerprint density at radius 1 is 0.929 bits per heavy atom. The first-order chi connectivity index (χ1) is 6.65. The summed E-state index contributed by atoms with van der Waals surface area (Å²) in [4.78, 5) is 0. The molecule has 0 atom stereocenters. The third kappa shape index (κ3) is 2.59. The number of rotatable bonds is 0. The van der Waals surface area contributed by atoms with Crippen LogP contribution in [0.4, 0.5) is 0 Å². The first-order valence-electron chi connectivity index (χ1n) is 5.52. The van der Waals surface area contributed by atoms with Crippen LogP contribution in [-0.4, -0.2) is 5.54 Å². The average Bonchev–Trinajstić information content (AvgIpc) is 1.99. The first-order valence-corrected chi connectivity index (χ1v) is 19.1. The molecular formula is C10H16Cl2HgN-. The van der Waals surface area contributed by atoms with E-state index in [0.29, 0.717) is 0 Å². The molecule has 0 spiro atoms. The van der Waals surface area contributed by atoms with Crippen LogP contribution in [0.5, 0.6) is 0 Å². The number of nitrogens with one attached hydrogen (secondary N) is 1. The second-order valence-corrected chi connectivity index (χ2v) is 13.2. The fourth-order valence-corrected chi connectivity index (χ4v) is 4.11. The molecule has 0 unspecified atom stereocenters. The van der Waals surface area contributed by atoms with Crippen molar-refractivity contribution >= 4 is 16.5 Å². The normalized spacial score (nSPS) is 48.1. The van der Waals surface area contributed by atoms with Crippen LogP contribution in [0.2, 0.25) is 0 Å². The average molecular weight is 422 g/mol. The molecule has 0 aliphatic heterocycles. The van der Waals surface area contributed by atoms with E-state index >= 15 is 0 Å². The Bertz CT molecular complexity index is 175. The molecule has 0 heterocycles. The predicted octanol–water partition coefficient (Wildman–Crippen LogP) is 4.38. The molecular weight excluding hydrogens is 406 g/mol. The molecule has 0 saturated heterocycles. The van der Waals surface area contributed by atoms with E-state index in [1.165, 1.54) is 38.5 Å². The van der Waals surface area contributed by atoms with Gasteiger partial charge >= 0.3 is 38.6 Å². The summed E-state index contributed by atoms with van der Waals surface area (Å²) < 4.78 is 0. The van der Waals surface area contributed by atoms with Crippen molar-refractivity contribution in [2.24, 2.45) is 17.8 Å². The zero-order valence-electron chi connectivity index (χ0n) is 8.44. The Morgan fingerprint density at radius 2 is 1.21 bits per heavy atom. The summed E-state index contributed by atoms with van der Waals surface area (Å²) in [5.74, 6) is 2.87. The Balaban J connectivity index is 0.000000226. The third-order valence-corrected chi connectivity index (χ3v) is 4.04. The predicted molar refractivity (Wildman–Crippen MR) is 56.9 cm³/mol. The molecule has 0 aromatic rings. The molecule has 14 heavy (non-hydrogen) atoms. The van der Waals surface area contributed by atoms with E-state index in [0.717, 1.165) is 17.8 Å². The maximum absolute atomic E-state index is 8.21. The number of hydrogen-bond donors (Lipinski definition) is 0. The fraction of sp³-hybridized carbons (Fsp3) is 1.00. The SMILES string of the molecule is [Cl][Hg][Cl].[NH-]C12CC3CC(CC(C3)C1)C2. The van der Waals surface area contributed by atoms with Gasteiger partial charge in [-0.05, 0) is 37.0 Å². The zero-order chi connectivity index (χ0) is 10.2. The minimum absolute atomic E-state index is 0.0503. The Morgan fingerprint density at radius 3 is 1.43 bits per heavy atom. The van der Waals surface area contributed by atoms with Crippen LogP contribution in [-0.2, 0) is 22.1 Å². The van der Waals surface area contributed by atoms with Gasteiger partial charge in [0.05, 0.1) is 0 Å². The van der Waals surface area contributed by atoms with Crippen molar-refractivity contribution in [3.8, 4) is 0 Å². The second-order valence-electron chi connectivity index (χ2n) is 5.30. The van der Waals surface area contributed by atoms with Crippen LogP contribution in [0.1, 0.15) is 38.5 Å². The summed E-state index contributed by atoms with van der Waals surface area (Å²) >= 11 is -1.14. The van der Waals surface area contributed by atoms with Crippen LogP contribution in [0, 0.1) is 17.8 Å². The van der Waals surface area contributed by atoms with Gasteiger partial charge < -0.3 is 5.73 Å². The Hall–Kier alpha value is 1.48. The molecule has 0 aromatic heterocycles. The monoisotopic (exact) mass is 422 g/mol. The number of hydrogen-bond acceptors (Lipinski definition) is 0. The molecule has 1 N–H and O–H groups in total.